The van der Waals surface area contributed by atoms with Crippen LogP contribution in [0.4, 0.5) is 0 Å². The van der Waals surface area contributed by atoms with E-state index in [9.17, 15) is 8.42 Å². The summed E-state index contributed by atoms with van der Waals surface area (Å²) in [6.07, 6.45) is 0.994. The van der Waals surface area contributed by atoms with Crippen molar-refractivity contribution < 1.29 is 8.42 Å². The van der Waals surface area contributed by atoms with Crippen LogP contribution in [0.1, 0.15) is 30.9 Å². The van der Waals surface area contributed by atoms with Gasteiger partial charge in [-0.15, -0.1) is 0 Å². The van der Waals surface area contributed by atoms with Gasteiger partial charge in [-0.25, -0.2) is 8.42 Å². The van der Waals surface area contributed by atoms with Gasteiger partial charge in [-0.05, 0) is 17.5 Å². The quantitative estimate of drug-likeness (QED) is 0.884. The minimum Gasteiger partial charge on any atom is -0.326 e. The summed E-state index contributed by atoms with van der Waals surface area (Å²) in [6, 6.07) is 7.89. The van der Waals surface area contributed by atoms with Gasteiger partial charge in [-0.1, -0.05) is 38.1 Å². The standard InChI is InChI=1S/C13H19NO2S/c1-3-9-5-7-10(8-6-9)11-12(14)13(11)17(15,16)4-2/h5-8,11-13H,3-4,14H2,1-2H3/t11-,12+,13+/m0/s1. The summed E-state index contributed by atoms with van der Waals surface area (Å²) in [5.74, 6) is 0.167. The Bertz CT molecular complexity index is 493. The van der Waals surface area contributed by atoms with Crippen LogP contribution in [-0.2, 0) is 16.3 Å². The molecule has 1 fully saturated rings. The molecule has 1 saturated carbocycles. The molecule has 0 spiro atoms. The highest BCUT2D eigenvalue weighted by molar-refractivity contribution is 7.92. The van der Waals surface area contributed by atoms with Crippen LogP contribution in [0.15, 0.2) is 24.3 Å². The Balaban J connectivity index is 2.20. The van der Waals surface area contributed by atoms with E-state index in [4.69, 9.17) is 5.73 Å². The molecule has 3 atom stereocenters. The first-order valence-electron chi connectivity index (χ1n) is 6.07. The fourth-order valence-corrected chi connectivity index (χ4v) is 4.08. The third kappa shape index (κ3) is 2.24. The minimum atomic E-state index is -3.01. The molecule has 3 nitrogen and oxygen atoms in total. The molecule has 0 unspecified atom stereocenters. The molecule has 0 radical (unpaired) electrons. The number of aryl methyl sites for hydroxylation is 1. The second-order valence-corrected chi connectivity index (χ2v) is 7.06. The van der Waals surface area contributed by atoms with Crippen molar-refractivity contribution in [3.63, 3.8) is 0 Å². The van der Waals surface area contributed by atoms with Crippen molar-refractivity contribution in [2.75, 3.05) is 5.75 Å². The van der Waals surface area contributed by atoms with Crippen molar-refractivity contribution in [1.82, 2.24) is 0 Å². The maximum atomic E-state index is 11.8. The van der Waals surface area contributed by atoms with E-state index in [-0.39, 0.29) is 23.0 Å². The Morgan fingerprint density at radius 1 is 1.18 bits per heavy atom. The van der Waals surface area contributed by atoms with Gasteiger partial charge >= 0.3 is 0 Å². The fourth-order valence-electron chi connectivity index (χ4n) is 2.35. The molecule has 1 aromatic rings. The van der Waals surface area contributed by atoms with Crippen molar-refractivity contribution in [1.29, 1.82) is 0 Å². The third-order valence-electron chi connectivity index (χ3n) is 3.60. The first kappa shape index (κ1) is 12.6. The summed E-state index contributed by atoms with van der Waals surface area (Å²) in [7, 11) is -3.01. The molecule has 2 N–H and O–H groups in total. The van der Waals surface area contributed by atoms with Crippen molar-refractivity contribution >= 4 is 9.84 Å². The fraction of sp³-hybridized carbons (Fsp3) is 0.538. The molecular weight excluding hydrogens is 234 g/mol. The lowest BCUT2D eigenvalue weighted by molar-refractivity contribution is 0.594. The highest BCUT2D eigenvalue weighted by Gasteiger charge is 2.55. The van der Waals surface area contributed by atoms with E-state index in [1.807, 2.05) is 12.1 Å². The van der Waals surface area contributed by atoms with Crippen LogP contribution >= 0.6 is 0 Å². The van der Waals surface area contributed by atoms with Gasteiger partial charge in [0, 0.05) is 17.7 Å². The summed E-state index contributed by atoms with van der Waals surface area (Å²) in [5.41, 5.74) is 8.21. The molecule has 1 aliphatic rings. The van der Waals surface area contributed by atoms with E-state index in [1.54, 1.807) is 6.92 Å². The second-order valence-electron chi connectivity index (χ2n) is 4.61. The Morgan fingerprint density at radius 2 is 1.76 bits per heavy atom. The number of hydrogen-bond donors (Lipinski definition) is 1. The molecule has 0 bridgehead atoms. The smallest absolute Gasteiger partial charge is 0.155 e. The molecule has 1 aromatic carbocycles. The maximum Gasteiger partial charge on any atom is 0.155 e. The normalized spacial score (nSPS) is 28.1. The molecular formula is C13H19NO2S. The van der Waals surface area contributed by atoms with Gasteiger partial charge in [0.05, 0.1) is 5.25 Å². The van der Waals surface area contributed by atoms with Crippen LogP contribution in [0.5, 0.6) is 0 Å². The van der Waals surface area contributed by atoms with Crippen molar-refractivity contribution in [2.24, 2.45) is 5.73 Å². The molecule has 2 rings (SSSR count). The number of nitrogens with two attached hydrogens (primary N) is 1. The van der Waals surface area contributed by atoms with E-state index in [0.29, 0.717) is 0 Å². The average molecular weight is 253 g/mol. The van der Waals surface area contributed by atoms with Crippen LogP contribution in [0.25, 0.3) is 0 Å². The van der Waals surface area contributed by atoms with Gasteiger partial charge in [0.1, 0.15) is 0 Å². The lowest BCUT2D eigenvalue weighted by Crippen LogP contribution is -2.17. The first-order chi connectivity index (χ1) is 8.01. The van der Waals surface area contributed by atoms with Crippen LogP contribution in [0, 0.1) is 0 Å². The van der Waals surface area contributed by atoms with E-state index >= 15 is 0 Å². The van der Waals surface area contributed by atoms with Gasteiger partial charge < -0.3 is 5.73 Å². The summed E-state index contributed by atoms with van der Waals surface area (Å²) in [5, 5.41) is -0.375. The van der Waals surface area contributed by atoms with Gasteiger partial charge in [0.15, 0.2) is 9.84 Å². The average Bonchev–Trinajstić information content (AvgIpc) is 3.02. The summed E-state index contributed by atoms with van der Waals surface area (Å²) in [6.45, 7) is 3.78. The van der Waals surface area contributed by atoms with E-state index in [1.165, 1.54) is 5.56 Å². The number of rotatable bonds is 4. The monoisotopic (exact) mass is 253 g/mol. The van der Waals surface area contributed by atoms with Crippen molar-refractivity contribution in [2.45, 2.75) is 37.5 Å². The number of benzene rings is 1. The van der Waals surface area contributed by atoms with E-state index < -0.39 is 9.84 Å². The zero-order valence-corrected chi connectivity index (χ0v) is 11.1. The van der Waals surface area contributed by atoms with Gasteiger partial charge in [0.2, 0.25) is 0 Å². The number of sulfone groups is 1. The van der Waals surface area contributed by atoms with Crippen molar-refractivity contribution in [3.05, 3.63) is 35.4 Å². The Labute approximate surface area is 103 Å². The van der Waals surface area contributed by atoms with Crippen LogP contribution in [0.3, 0.4) is 0 Å². The highest BCUT2D eigenvalue weighted by Crippen LogP contribution is 2.45. The van der Waals surface area contributed by atoms with Crippen molar-refractivity contribution in [3.8, 4) is 0 Å². The largest absolute Gasteiger partial charge is 0.326 e. The topological polar surface area (TPSA) is 60.2 Å². The molecule has 0 aliphatic heterocycles. The molecule has 0 heterocycles. The molecule has 1 aliphatic carbocycles. The summed E-state index contributed by atoms with van der Waals surface area (Å²) < 4.78 is 23.6. The molecule has 0 saturated heterocycles. The third-order valence-corrected chi connectivity index (χ3v) is 5.84. The Hall–Kier alpha value is -0.870. The Kier molecular flexibility index (Phi) is 3.27. The second kappa shape index (κ2) is 4.42. The molecule has 17 heavy (non-hydrogen) atoms. The van der Waals surface area contributed by atoms with E-state index in [2.05, 4.69) is 19.1 Å². The van der Waals surface area contributed by atoms with Gasteiger partial charge in [0.25, 0.3) is 0 Å². The van der Waals surface area contributed by atoms with Gasteiger partial charge in [-0.3, -0.25) is 0 Å². The lowest BCUT2D eigenvalue weighted by Gasteiger charge is -2.02. The SMILES string of the molecule is CCc1ccc([C@H]2[C@@H](N)[C@@H]2S(=O)(=O)CC)cc1. The van der Waals surface area contributed by atoms with Crippen LogP contribution in [-0.4, -0.2) is 25.5 Å². The zero-order chi connectivity index (χ0) is 12.6. The first-order valence-corrected chi connectivity index (χ1v) is 7.78. The van der Waals surface area contributed by atoms with Crippen LogP contribution in [0.2, 0.25) is 0 Å². The molecule has 0 amide bonds. The number of hydrogen-bond acceptors (Lipinski definition) is 3. The molecule has 4 heteroatoms. The highest BCUT2D eigenvalue weighted by atomic mass is 32.2. The molecule has 94 valence electrons. The lowest BCUT2D eigenvalue weighted by atomic mass is 10.1. The molecule has 0 aromatic heterocycles. The maximum absolute atomic E-state index is 11.8. The Morgan fingerprint density at radius 3 is 2.24 bits per heavy atom. The summed E-state index contributed by atoms with van der Waals surface area (Å²) in [4.78, 5) is 0. The minimum absolute atomic E-state index is 0.00847. The van der Waals surface area contributed by atoms with Gasteiger partial charge in [-0.2, -0.15) is 0 Å². The zero-order valence-electron chi connectivity index (χ0n) is 10.3. The predicted molar refractivity (Wildman–Crippen MR) is 69.8 cm³/mol. The van der Waals surface area contributed by atoms with E-state index in [0.717, 1.165) is 12.0 Å². The summed E-state index contributed by atoms with van der Waals surface area (Å²) >= 11 is 0. The predicted octanol–water partition coefficient (Wildman–Crippen LogP) is 1.48. The van der Waals surface area contributed by atoms with Crippen LogP contribution < -0.4 is 5.73 Å².